The van der Waals surface area contributed by atoms with Crippen LogP contribution in [-0.2, 0) is 22.7 Å². The molecule has 1 heterocycles. The molecule has 0 radical (unpaired) electrons. The zero-order chi connectivity index (χ0) is 21.2. The number of carbonyl (C=O) groups is 1. The molecule has 3 rings (SSSR count). The molecule has 0 bridgehead atoms. The molecule has 2 aromatic rings. The minimum atomic E-state index is -4.39. The van der Waals surface area contributed by atoms with Crippen LogP contribution >= 0.6 is 0 Å². The highest BCUT2D eigenvalue weighted by atomic mass is 32.2. The molecule has 9 heteroatoms. The standard InChI is InChI=1S/C20H21F3N2O3S/c1-15(26)17-5-7-19(8-6-17)29(27,28)25-11-9-24(10-12-25)14-16-3-2-4-18(13-16)20(21,22)23/h2-8,13H,9-12,14H2,1H3. The first-order valence-corrected chi connectivity index (χ1v) is 10.5. The summed E-state index contributed by atoms with van der Waals surface area (Å²) in [6, 6.07) is 11.0. The van der Waals surface area contributed by atoms with Crippen LogP contribution in [0.5, 0.6) is 0 Å². The van der Waals surface area contributed by atoms with E-state index in [0.29, 0.717) is 30.8 Å². The third kappa shape index (κ3) is 5.04. The van der Waals surface area contributed by atoms with Crippen LogP contribution in [0.25, 0.3) is 0 Å². The van der Waals surface area contributed by atoms with E-state index >= 15 is 0 Å². The fourth-order valence-corrected chi connectivity index (χ4v) is 4.67. The summed E-state index contributed by atoms with van der Waals surface area (Å²) in [5.74, 6) is -0.142. The summed E-state index contributed by atoms with van der Waals surface area (Å²) in [5.41, 5.74) is 0.288. The van der Waals surface area contributed by atoms with Gasteiger partial charge in [-0.25, -0.2) is 8.42 Å². The summed E-state index contributed by atoms with van der Waals surface area (Å²) in [6.07, 6.45) is -4.39. The number of hydrogen-bond acceptors (Lipinski definition) is 4. The molecule has 1 aliphatic heterocycles. The quantitative estimate of drug-likeness (QED) is 0.688. The van der Waals surface area contributed by atoms with Gasteiger partial charge in [0.05, 0.1) is 10.5 Å². The van der Waals surface area contributed by atoms with Gasteiger partial charge in [-0.1, -0.05) is 30.3 Å². The number of hydrogen-bond donors (Lipinski definition) is 0. The molecule has 1 aliphatic rings. The predicted molar refractivity (Wildman–Crippen MR) is 102 cm³/mol. The fraction of sp³-hybridized carbons (Fsp3) is 0.350. The Balaban J connectivity index is 1.63. The third-order valence-corrected chi connectivity index (χ3v) is 6.80. The number of Topliss-reactive ketones (excluding diaryl/α,β-unsaturated/α-hetero) is 1. The van der Waals surface area contributed by atoms with Crippen LogP contribution in [0.4, 0.5) is 13.2 Å². The van der Waals surface area contributed by atoms with Gasteiger partial charge in [0, 0.05) is 38.3 Å². The summed E-state index contributed by atoms with van der Waals surface area (Å²) >= 11 is 0. The Bertz CT molecular complexity index is 981. The van der Waals surface area contributed by atoms with Gasteiger partial charge in [0.25, 0.3) is 0 Å². The van der Waals surface area contributed by atoms with Gasteiger partial charge >= 0.3 is 6.18 Å². The van der Waals surface area contributed by atoms with Crippen molar-refractivity contribution in [2.45, 2.75) is 24.5 Å². The minimum Gasteiger partial charge on any atom is -0.296 e. The second-order valence-corrected chi connectivity index (χ2v) is 8.90. The van der Waals surface area contributed by atoms with Crippen molar-refractivity contribution in [2.24, 2.45) is 0 Å². The van der Waals surface area contributed by atoms with Crippen molar-refractivity contribution in [3.63, 3.8) is 0 Å². The molecule has 0 N–H and O–H groups in total. The lowest BCUT2D eigenvalue weighted by Gasteiger charge is -2.34. The Hall–Kier alpha value is -2.23. The minimum absolute atomic E-state index is 0.119. The maximum atomic E-state index is 12.9. The Morgan fingerprint density at radius 2 is 1.62 bits per heavy atom. The first-order valence-electron chi connectivity index (χ1n) is 9.07. The smallest absolute Gasteiger partial charge is 0.296 e. The lowest BCUT2D eigenvalue weighted by atomic mass is 10.1. The van der Waals surface area contributed by atoms with Crippen molar-refractivity contribution in [3.8, 4) is 0 Å². The normalized spacial score (nSPS) is 16.7. The Morgan fingerprint density at radius 1 is 1.00 bits per heavy atom. The molecule has 2 aromatic carbocycles. The number of halogens is 3. The molecule has 5 nitrogen and oxygen atoms in total. The molecule has 1 saturated heterocycles. The number of ketones is 1. The largest absolute Gasteiger partial charge is 0.416 e. The average Bonchev–Trinajstić information content (AvgIpc) is 2.68. The van der Waals surface area contributed by atoms with E-state index in [-0.39, 0.29) is 23.8 Å². The molecule has 0 saturated carbocycles. The summed E-state index contributed by atoms with van der Waals surface area (Å²) in [5, 5.41) is 0. The zero-order valence-corrected chi connectivity index (χ0v) is 16.6. The summed E-state index contributed by atoms with van der Waals surface area (Å²) in [7, 11) is -3.68. The van der Waals surface area contributed by atoms with Gasteiger partial charge in [0.15, 0.2) is 5.78 Å². The summed E-state index contributed by atoms with van der Waals surface area (Å²) in [4.78, 5) is 13.4. The second kappa shape index (κ2) is 8.25. The Kier molecular flexibility index (Phi) is 6.11. The second-order valence-electron chi connectivity index (χ2n) is 6.96. The first kappa shape index (κ1) is 21.5. The first-order chi connectivity index (χ1) is 13.6. The third-order valence-electron chi connectivity index (χ3n) is 4.89. The highest BCUT2D eigenvalue weighted by Gasteiger charge is 2.31. The van der Waals surface area contributed by atoms with E-state index in [2.05, 4.69) is 0 Å². The lowest BCUT2D eigenvalue weighted by Crippen LogP contribution is -2.48. The van der Waals surface area contributed by atoms with Gasteiger partial charge in [-0.15, -0.1) is 0 Å². The van der Waals surface area contributed by atoms with Crippen LogP contribution in [0.1, 0.15) is 28.4 Å². The van der Waals surface area contributed by atoms with Gasteiger partial charge in [-0.2, -0.15) is 17.5 Å². The van der Waals surface area contributed by atoms with Gasteiger partial charge in [0.1, 0.15) is 0 Å². The van der Waals surface area contributed by atoms with E-state index in [0.717, 1.165) is 12.1 Å². The predicted octanol–water partition coefficient (Wildman–Crippen LogP) is 3.41. The highest BCUT2D eigenvalue weighted by molar-refractivity contribution is 7.89. The number of carbonyl (C=O) groups excluding carboxylic acids is 1. The van der Waals surface area contributed by atoms with Gasteiger partial charge < -0.3 is 0 Å². The molecule has 29 heavy (non-hydrogen) atoms. The van der Waals surface area contributed by atoms with E-state index in [1.807, 2.05) is 4.90 Å². The topological polar surface area (TPSA) is 57.7 Å². The van der Waals surface area contributed by atoms with Gasteiger partial charge in [0.2, 0.25) is 10.0 Å². The van der Waals surface area contributed by atoms with Crippen LogP contribution < -0.4 is 0 Å². The van der Waals surface area contributed by atoms with Crippen LogP contribution in [0, 0.1) is 0 Å². The van der Waals surface area contributed by atoms with Crippen LogP contribution in [0.2, 0.25) is 0 Å². The summed E-state index contributed by atoms with van der Waals surface area (Å²) < 4.78 is 65.5. The van der Waals surface area contributed by atoms with Crippen LogP contribution in [0.15, 0.2) is 53.4 Å². The fourth-order valence-electron chi connectivity index (χ4n) is 3.24. The number of piperazine rings is 1. The Labute approximate surface area is 167 Å². The van der Waals surface area contributed by atoms with E-state index in [9.17, 15) is 26.4 Å². The maximum absolute atomic E-state index is 12.9. The van der Waals surface area contributed by atoms with Gasteiger partial charge in [-0.05, 0) is 30.7 Å². The number of alkyl halides is 3. The van der Waals surface area contributed by atoms with Crippen molar-refractivity contribution >= 4 is 15.8 Å². The van der Waals surface area contributed by atoms with Gasteiger partial charge in [-0.3, -0.25) is 9.69 Å². The summed E-state index contributed by atoms with van der Waals surface area (Å²) in [6.45, 7) is 3.06. The molecule has 0 spiro atoms. The molecule has 0 atom stereocenters. The molecule has 0 unspecified atom stereocenters. The number of nitrogens with zero attached hydrogens (tertiary/aromatic N) is 2. The monoisotopic (exact) mass is 426 g/mol. The van der Waals surface area contributed by atoms with Crippen LogP contribution in [-0.4, -0.2) is 49.6 Å². The molecule has 0 aliphatic carbocycles. The lowest BCUT2D eigenvalue weighted by molar-refractivity contribution is -0.137. The maximum Gasteiger partial charge on any atom is 0.416 e. The van der Waals surface area contributed by atoms with E-state index in [1.54, 1.807) is 6.07 Å². The van der Waals surface area contributed by atoms with Crippen LogP contribution in [0.3, 0.4) is 0 Å². The van der Waals surface area contributed by atoms with E-state index < -0.39 is 21.8 Å². The van der Waals surface area contributed by atoms with Crippen molar-refractivity contribution in [2.75, 3.05) is 26.2 Å². The highest BCUT2D eigenvalue weighted by Crippen LogP contribution is 2.30. The molecular weight excluding hydrogens is 405 g/mol. The van der Waals surface area contributed by atoms with Crippen molar-refractivity contribution in [3.05, 3.63) is 65.2 Å². The van der Waals surface area contributed by atoms with Crippen molar-refractivity contribution < 1.29 is 26.4 Å². The molecule has 0 aromatic heterocycles. The van der Waals surface area contributed by atoms with E-state index in [1.165, 1.54) is 41.6 Å². The molecule has 0 amide bonds. The zero-order valence-electron chi connectivity index (χ0n) is 15.8. The SMILES string of the molecule is CC(=O)c1ccc(S(=O)(=O)N2CCN(Cc3cccc(C(F)(F)F)c3)CC2)cc1. The average molecular weight is 426 g/mol. The Morgan fingerprint density at radius 3 is 2.17 bits per heavy atom. The molecule has 1 fully saturated rings. The number of benzene rings is 2. The molecular formula is C20H21F3N2O3S. The molecule has 156 valence electrons. The number of sulfonamides is 1. The van der Waals surface area contributed by atoms with Crippen molar-refractivity contribution in [1.29, 1.82) is 0 Å². The van der Waals surface area contributed by atoms with Crippen molar-refractivity contribution in [1.82, 2.24) is 9.21 Å². The van der Waals surface area contributed by atoms with E-state index in [4.69, 9.17) is 0 Å². The number of rotatable bonds is 5.